The topological polar surface area (TPSA) is 76.1 Å². The number of thiophene rings is 1. The minimum atomic E-state index is -0.798. The summed E-state index contributed by atoms with van der Waals surface area (Å²) in [5.74, 6) is -1.49. The highest BCUT2D eigenvalue weighted by Gasteiger charge is 2.46. The molecular formula is C24H20FNO5S. The summed E-state index contributed by atoms with van der Waals surface area (Å²) in [4.78, 5) is 28.2. The number of hydrogen-bond acceptors (Lipinski definition) is 6. The summed E-state index contributed by atoms with van der Waals surface area (Å²) in [7, 11) is 2.93. The Bertz CT molecular complexity index is 1190. The molecule has 1 saturated heterocycles. The SMILES string of the molecule is COc1ccc(OC)c(/C(O)=C2/C(=O)C(=O)N(Cc3ccc(F)cc3)C2c2cccs2)c1. The molecule has 32 heavy (non-hydrogen) atoms. The number of amides is 1. The number of methoxy groups -OCH3 is 2. The number of halogens is 1. The minimum absolute atomic E-state index is 0.0360. The van der Waals surface area contributed by atoms with E-state index in [-0.39, 0.29) is 23.4 Å². The fourth-order valence-corrected chi connectivity index (χ4v) is 4.56. The van der Waals surface area contributed by atoms with Gasteiger partial charge in [-0.3, -0.25) is 9.59 Å². The molecule has 1 amide bonds. The van der Waals surface area contributed by atoms with Crippen LogP contribution in [0.2, 0.25) is 0 Å². The summed E-state index contributed by atoms with van der Waals surface area (Å²) in [6.07, 6.45) is 0. The number of carbonyl (C=O) groups excluding carboxylic acids is 2. The molecule has 1 fully saturated rings. The summed E-state index contributed by atoms with van der Waals surface area (Å²) in [5.41, 5.74) is 0.869. The number of rotatable bonds is 6. The van der Waals surface area contributed by atoms with Gasteiger partial charge in [-0.15, -0.1) is 11.3 Å². The van der Waals surface area contributed by atoms with Crippen molar-refractivity contribution in [3.63, 3.8) is 0 Å². The predicted molar refractivity (Wildman–Crippen MR) is 118 cm³/mol. The quantitative estimate of drug-likeness (QED) is 0.337. The van der Waals surface area contributed by atoms with Crippen LogP contribution in [0.15, 0.2) is 65.6 Å². The van der Waals surface area contributed by atoms with Crippen molar-refractivity contribution >= 4 is 28.8 Å². The third-order valence-electron chi connectivity index (χ3n) is 5.28. The largest absolute Gasteiger partial charge is 0.507 e. The van der Waals surface area contributed by atoms with Gasteiger partial charge in [0, 0.05) is 11.4 Å². The molecule has 0 aliphatic carbocycles. The first-order valence-electron chi connectivity index (χ1n) is 9.73. The van der Waals surface area contributed by atoms with Gasteiger partial charge in [-0.2, -0.15) is 0 Å². The van der Waals surface area contributed by atoms with E-state index in [1.54, 1.807) is 36.4 Å². The molecule has 1 unspecified atom stereocenters. The molecule has 6 nitrogen and oxygen atoms in total. The average Bonchev–Trinajstić information content (AvgIpc) is 3.42. The van der Waals surface area contributed by atoms with Gasteiger partial charge in [-0.05, 0) is 47.3 Å². The lowest BCUT2D eigenvalue weighted by molar-refractivity contribution is -0.140. The van der Waals surface area contributed by atoms with Gasteiger partial charge in [-0.1, -0.05) is 18.2 Å². The van der Waals surface area contributed by atoms with Gasteiger partial charge in [0.2, 0.25) is 0 Å². The monoisotopic (exact) mass is 453 g/mol. The first kappa shape index (κ1) is 21.6. The van der Waals surface area contributed by atoms with Gasteiger partial charge in [0.05, 0.1) is 31.4 Å². The molecule has 3 aromatic rings. The zero-order valence-corrected chi connectivity index (χ0v) is 18.2. The van der Waals surface area contributed by atoms with Crippen LogP contribution in [0.25, 0.3) is 5.76 Å². The molecule has 4 rings (SSSR count). The molecule has 164 valence electrons. The van der Waals surface area contributed by atoms with Crippen LogP contribution in [0.4, 0.5) is 4.39 Å². The number of ketones is 1. The van der Waals surface area contributed by atoms with Crippen molar-refractivity contribution in [2.45, 2.75) is 12.6 Å². The number of likely N-dealkylation sites (tertiary alicyclic amines) is 1. The Kier molecular flexibility index (Phi) is 5.96. The Hall–Kier alpha value is -3.65. The van der Waals surface area contributed by atoms with Crippen LogP contribution in [-0.4, -0.2) is 35.9 Å². The Balaban J connectivity index is 1.86. The standard InChI is InChI=1S/C24H20FNO5S/c1-30-16-9-10-18(31-2)17(12-16)22(27)20-21(19-4-3-11-32-19)26(24(29)23(20)28)13-14-5-7-15(25)8-6-14/h3-12,21,27H,13H2,1-2H3/b22-20-. The van der Waals surface area contributed by atoms with E-state index >= 15 is 0 Å². The van der Waals surface area contributed by atoms with Crippen LogP contribution in [0.1, 0.15) is 22.0 Å². The first-order valence-corrected chi connectivity index (χ1v) is 10.6. The fourth-order valence-electron chi connectivity index (χ4n) is 3.72. The summed E-state index contributed by atoms with van der Waals surface area (Å²) in [6.45, 7) is 0.0828. The lowest BCUT2D eigenvalue weighted by atomic mass is 9.99. The Morgan fingerprint density at radius 2 is 1.84 bits per heavy atom. The Morgan fingerprint density at radius 3 is 2.47 bits per heavy atom. The van der Waals surface area contributed by atoms with Crippen LogP contribution in [-0.2, 0) is 16.1 Å². The van der Waals surface area contributed by atoms with E-state index in [9.17, 15) is 19.1 Å². The second-order valence-electron chi connectivity index (χ2n) is 7.14. The van der Waals surface area contributed by atoms with Crippen LogP contribution >= 0.6 is 11.3 Å². The van der Waals surface area contributed by atoms with Gasteiger partial charge in [-0.25, -0.2) is 4.39 Å². The van der Waals surface area contributed by atoms with Crippen molar-refractivity contribution in [2.75, 3.05) is 14.2 Å². The maximum absolute atomic E-state index is 13.3. The van der Waals surface area contributed by atoms with E-state index in [1.165, 1.54) is 42.6 Å². The van der Waals surface area contributed by atoms with Gasteiger partial charge >= 0.3 is 0 Å². The number of hydrogen-bond donors (Lipinski definition) is 1. The predicted octanol–water partition coefficient (Wildman–Crippen LogP) is 4.53. The third kappa shape index (κ3) is 3.85. The fraction of sp³-hybridized carbons (Fsp3) is 0.167. The Labute approximate surface area is 188 Å². The molecule has 1 atom stereocenters. The van der Waals surface area contributed by atoms with Crippen LogP contribution in [0.5, 0.6) is 11.5 Å². The van der Waals surface area contributed by atoms with E-state index in [4.69, 9.17) is 9.47 Å². The molecule has 0 spiro atoms. The maximum atomic E-state index is 13.3. The summed E-state index contributed by atoms with van der Waals surface area (Å²) in [5, 5.41) is 13.1. The number of nitrogens with zero attached hydrogens (tertiary/aromatic N) is 1. The number of Topliss-reactive ketones (excluding diaryl/α,β-unsaturated/α-hetero) is 1. The van der Waals surface area contributed by atoms with Crippen LogP contribution in [0, 0.1) is 5.82 Å². The summed E-state index contributed by atoms with van der Waals surface area (Å²) < 4.78 is 23.9. The number of ether oxygens (including phenoxy) is 2. The molecule has 2 aromatic carbocycles. The second kappa shape index (κ2) is 8.84. The molecule has 2 heterocycles. The van der Waals surface area contributed by atoms with E-state index in [2.05, 4.69) is 0 Å². The highest BCUT2D eigenvalue weighted by atomic mass is 32.1. The van der Waals surface area contributed by atoms with E-state index < -0.39 is 23.5 Å². The zero-order valence-electron chi connectivity index (χ0n) is 17.4. The number of carbonyl (C=O) groups is 2. The third-order valence-corrected chi connectivity index (χ3v) is 6.21. The zero-order chi connectivity index (χ0) is 22.8. The molecular weight excluding hydrogens is 433 g/mol. The van der Waals surface area contributed by atoms with Gasteiger partial charge in [0.25, 0.3) is 11.7 Å². The molecule has 1 aliphatic heterocycles. The lowest BCUT2D eigenvalue weighted by Crippen LogP contribution is -2.28. The lowest BCUT2D eigenvalue weighted by Gasteiger charge is -2.24. The molecule has 0 bridgehead atoms. The first-order chi connectivity index (χ1) is 15.4. The molecule has 0 saturated carbocycles. The number of aliphatic hydroxyl groups is 1. The maximum Gasteiger partial charge on any atom is 0.295 e. The summed E-state index contributed by atoms with van der Waals surface area (Å²) >= 11 is 1.37. The molecule has 1 N–H and O–H groups in total. The smallest absolute Gasteiger partial charge is 0.295 e. The summed E-state index contributed by atoms with van der Waals surface area (Å²) in [6, 6.07) is 13.4. The van der Waals surface area contributed by atoms with Gasteiger partial charge < -0.3 is 19.5 Å². The second-order valence-corrected chi connectivity index (χ2v) is 8.11. The van der Waals surface area contributed by atoms with Crippen molar-refractivity contribution in [2.24, 2.45) is 0 Å². The molecule has 1 aromatic heterocycles. The normalized spacial score (nSPS) is 17.6. The number of aliphatic hydroxyl groups excluding tert-OH is 1. The van der Waals surface area contributed by atoms with Gasteiger partial charge in [0.1, 0.15) is 23.1 Å². The van der Waals surface area contributed by atoms with E-state index in [0.29, 0.717) is 17.1 Å². The van der Waals surface area contributed by atoms with E-state index in [1.807, 2.05) is 11.4 Å². The minimum Gasteiger partial charge on any atom is -0.507 e. The van der Waals surface area contributed by atoms with Crippen molar-refractivity contribution in [1.82, 2.24) is 4.90 Å². The van der Waals surface area contributed by atoms with Gasteiger partial charge in [0.15, 0.2) is 0 Å². The highest BCUT2D eigenvalue weighted by Crippen LogP contribution is 2.43. The van der Waals surface area contributed by atoms with Crippen molar-refractivity contribution < 1.29 is 28.6 Å². The molecule has 1 aliphatic rings. The van der Waals surface area contributed by atoms with E-state index in [0.717, 1.165) is 4.88 Å². The average molecular weight is 453 g/mol. The van der Waals surface area contributed by atoms with Crippen molar-refractivity contribution in [3.05, 3.63) is 87.4 Å². The highest BCUT2D eigenvalue weighted by molar-refractivity contribution is 7.10. The van der Waals surface area contributed by atoms with Crippen LogP contribution in [0.3, 0.4) is 0 Å². The Morgan fingerprint density at radius 1 is 1.09 bits per heavy atom. The molecule has 0 radical (unpaired) electrons. The van der Waals surface area contributed by atoms with Crippen LogP contribution < -0.4 is 9.47 Å². The van der Waals surface area contributed by atoms with Crippen molar-refractivity contribution in [3.8, 4) is 11.5 Å². The number of benzene rings is 2. The molecule has 8 heteroatoms. The van der Waals surface area contributed by atoms with Crippen molar-refractivity contribution in [1.29, 1.82) is 0 Å².